The van der Waals surface area contributed by atoms with Gasteiger partial charge in [0.15, 0.2) is 0 Å². The van der Waals surface area contributed by atoms with Gasteiger partial charge in [0.25, 0.3) is 0 Å². The molecule has 2 nitrogen and oxygen atoms in total. The lowest BCUT2D eigenvalue weighted by molar-refractivity contribution is 0.265. The summed E-state index contributed by atoms with van der Waals surface area (Å²) in [5.74, 6) is 1.89. The van der Waals surface area contributed by atoms with Crippen molar-refractivity contribution in [1.29, 1.82) is 0 Å². The van der Waals surface area contributed by atoms with E-state index in [4.69, 9.17) is 9.47 Å². The fourth-order valence-corrected chi connectivity index (χ4v) is 6.79. The average Bonchev–Trinajstić information content (AvgIpc) is 3.02. The molecule has 5 aromatic rings. The molecule has 0 radical (unpaired) electrons. The molecule has 0 unspecified atom stereocenters. The Morgan fingerprint density at radius 3 is 1.36 bits per heavy atom. The fraction of sp³-hybridized carbons (Fsp3) is 0.143. The third-order valence-electron chi connectivity index (χ3n) is 5.97. The van der Waals surface area contributed by atoms with Crippen LogP contribution in [0.15, 0.2) is 146 Å². The van der Waals surface area contributed by atoms with Crippen LogP contribution in [-0.4, -0.2) is 13.2 Å². The summed E-state index contributed by atoms with van der Waals surface area (Å²) in [6.45, 7) is 1.45. The van der Waals surface area contributed by atoms with Gasteiger partial charge in [-0.3, -0.25) is 0 Å². The molecular formula is C35H34BrO2P. The number of alkyl halides is 1. The summed E-state index contributed by atoms with van der Waals surface area (Å²) in [6, 6.07) is 50.3. The SMILES string of the molecule is BrCc1ccccc1OCCCCOc1ccccc1.c1ccc(P(c2ccccc2)c2ccccc2)cc1. The van der Waals surface area contributed by atoms with Gasteiger partial charge < -0.3 is 9.47 Å². The zero-order chi connectivity index (χ0) is 27.0. The number of halogens is 1. The summed E-state index contributed by atoms with van der Waals surface area (Å²) >= 11 is 3.47. The van der Waals surface area contributed by atoms with Gasteiger partial charge in [0.1, 0.15) is 11.5 Å². The number of unbranched alkanes of at least 4 members (excludes halogenated alkanes) is 1. The van der Waals surface area contributed by atoms with Crippen molar-refractivity contribution in [1.82, 2.24) is 0 Å². The van der Waals surface area contributed by atoms with E-state index in [2.05, 4.69) is 113 Å². The molecule has 0 N–H and O–H groups in total. The average molecular weight is 598 g/mol. The zero-order valence-corrected chi connectivity index (χ0v) is 24.5. The van der Waals surface area contributed by atoms with Gasteiger partial charge in [-0.15, -0.1) is 0 Å². The third-order valence-corrected chi connectivity index (χ3v) is 9.02. The van der Waals surface area contributed by atoms with Crippen molar-refractivity contribution in [2.45, 2.75) is 18.2 Å². The molecule has 39 heavy (non-hydrogen) atoms. The quantitative estimate of drug-likeness (QED) is 0.0867. The van der Waals surface area contributed by atoms with Gasteiger partial charge in [0, 0.05) is 10.9 Å². The predicted molar refractivity (Wildman–Crippen MR) is 171 cm³/mol. The Morgan fingerprint density at radius 2 is 0.872 bits per heavy atom. The molecule has 0 saturated heterocycles. The number of rotatable bonds is 11. The Labute approximate surface area is 242 Å². The lowest BCUT2D eigenvalue weighted by Crippen LogP contribution is -2.20. The van der Waals surface area contributed by atoms with Crippen LogP contribution in [0.4, 0.5) is 0 Å². The van der Waals surface area contributed by atoms with Crippen molar-refractivity contribution in [2.75, 3.05) is 13.2 Å². The van der Waals surface area contributed by atoms with Crippen LogP contribution < -0.4 is 25.4 Å². The van der Waals surface area contributed by atoms with Gasteiger partial charge in [-0.1, -0.05) is 143 Å². The molecule has 0 aliphatic heterocycles. The van der Waals surface area contributed by atoms with Crippen LogP contribution in [0.5, 0.6) is 11.5 Å². The largest absolute Gasteiger partial charge is 0.494 e. The maximum absolute atomic E-state index is 5.79. The molecular weight excluding hydrogens is 563 g/mol. The van der Waals surface area contributed by atoms with E-state index < -0.39 is 7.92 Å². The van der Waals surface area contributed by atoms with Crippen molar-refractivity contribution >= 4 is 39.8 Å². The van der Waals surface area contributed by atoms with Gasteiger partial charge in [0.2, 0.25) is 0 Å². The summed E-state index contributed by atoms with van der Waals surface area (Å²) in [4.78, 5) is 0. The molecule has 4 heteroatoms. The summed E-state index contributed by atoms with van der Waals surface area (Å²) < 4.78 is 11.4. The summed E-state index contributed by atoms with van der Waals surface area (Å²) in [5, 5.41) is 5.01. The number of benzene rings is 5. The zero-order valence-electron chi connectivity index (χ0n) is 22.0. The molecule has 0 heterocycles. The van der Waals surface area contributed by atoms with E-state index in [9.17, 15) is 0 Å². The van der Waals surface area contributed by atoms with Crippen molar-refractivity contribution in [3.63, 3.8) is 0 Å². The molecule has 0 saturated carbocycles. The predicted octanol–water partition coefficient (Wildman–Crippen LogP) is 8.26. The molecule has 0 bridgehead atoms. The topological polar surface area (TPSA) is 18.5 Å². The minimum Gasteiger partial charge on any atom is -0.494 e. The molecule has 0 aliphatic carbocycles. The van der Waals surface area contributed by atoms with Gasteiger partial charge in [-0.2, -0.15) is 0 Å². The number of hydrogen-bond donors (Lipinski definition) is 0. The maximum Gasteiger partial charge on any atom is 0.123 e. The lowest BCUT2D eigenvalue weighted by Gasteiger charge is -2.18. The second-order valence-corrected chi connectivity index (χ2v) is 11.6. The maximum atomic E-state index is 5.79. The number of hydrogen-bond acceptors (Lipinski definition) is 2. The Morgan fingerprint density at radius 1 is 0.462 bits per heavy atom. The molecule has 0 atom stereocenters. The van der Waals surface area contributed by atoms with Crippen LogP contribution in [0.1, 0.15) is 18.4 Å². The highest BCUT2D eigenvalue weighted by atomic mass is 79.9. The highest BCUT2D eigenvalue weighted by Crippen LogP contribution is 2.32. The fourth-order valence-electron chi connectivity index (χ4n) is 4.03. The molecule has 0 aliphatic rings. The van der Waals surface area contributed by atoms with Crippen molar-refractivity contribution in [2.24, 2.45) is 0 Å². The smallest absolute Gasteiger partial charge is 0.123 e. The van der Waals surface area contributed by atoms with E-state index in [1.54, 1.807) is 0 Å². The number of ether oxygens (including phenoxy) is 2. The van der Waals surface area contributed by atoms with E-state index in [1.807, 2.05) is 48.5 Å². The van der Waals surface area contributed by atoms with E-state index in [1.165, 1.54) is 21.5 Å². The molecule has 0 spiro atoms. The Balaban J connectivity index is 0.000000181. The standard InChI is InChI=1S/C18H15P.C17H19BrO2/c1-4-10-16(11-5-1)19(17-12-6-2-7-13-17)18-14-8-3-9-15-18;18-14-15-8-4-5-11-17(15)20-13-7-6-12-19-16-9-2-1-3-10-16/h1-15H;1-5,8-11H,6-7,12-14H2. The van der Waals surface area contributed by atoms with Gasteiger partial charge in [0.05, 0.1) is 13.2 Å². The molecule has 5 rings (SSSR count). The van der Waals surface area contributed by atoms with Gasteiger partial charge in [-0.25, -0.2) is 0 Å². The third kappa shape index (κ3) is 9.39. The van der Waals surface area contributed by atoms with E-state index in [-0.39, 0.29) is 0 Å². The van der Waals surface area contributed by atoms with Crippen LogP contribution in [0, 0.1) is 0 Å². The minimum atomic E-state index is -0.446. The molecule has 198 valence electrons. The Hall–Kier alpha value is -3.39. The summed E-state index contributed by atoms with van der Waals surface area (Å²) in [7, 11) is -0.446. The molecule has 0 aromatic heterocycles. The Kier molecular flexibility index (Phi) is 12.1. The van der Waals surface area contributed by atoms with Crippen LogP contribution in [0.25, 0.3) is 0 Å². The normalized spacial score (nSPS) is 10.4. The van der Waals surface area contributed by atoms with E-state index >= 15 is 0 Å². The highest BCUT2D eigenvalue weighted by molar-refractivity contribution is 9.08. The van der Waals surface area contributed by atoms with Crippen molar-refractivity contribution in [3.8, 4) is 11.5 Å². The van der Waals surface area contributed by atoms with Crippen molar-refractivity contribution < 1.29 is 9.47 Å². The second-order valence-electron chi connectivity index (χ2n) is 8.80. The first-order chi connectivity index (χ1) is 19.3. The van der Waals surface area contributed by atoms with Crippen LogP contribution in [-0.2, 0) is 5.33 Å². The monoisotopic (exact) mass is 596 g/mol. The molecule has 5 aromatic carbocycles. The summed E-state index contributed by atoms with van der Waals surface area (Å²) in [6.07, 6.45) is 1.98. The summed E-state index contributed by atoms with van der Waals surface area (Å²) in [5.41, 5.74) is 1.19. The molecule has 0 fully saturated rings. The van der Waals surface area contributed by atoms with Crippen LogP contribution in [0.3, 0.4) is 0 Å². The van der Waals surface area contributed by atoms with Gasteiger partial charge >= 0.3 is 0 Å². The first-order valence-electron chi connectivity index (χ1n) is 13.2. The lowest BCUT2D eigenvalue weighted by atomic mass is 10.2. The second kappa shape index (κ2) is 16.5. The first kappa shape index (κ1) is 28.6. The highest BCUT2D eigenvalue weighted by Gasteiger charge is 2.15. The van der Waals surface area contributed by atoms with Crippen LogP contribution >= 0.6 is 23.9 Å². The molecule has 0 amide bonds. The van der Waals surface area contributed by atoms with E-state index in [0.717, 1.165) is 42.9 Å². The Bertz CT molecular complexity index is 1240. The minimum absolute atomic E-state index is 0.446. The van der Waals surface area contributed by atoms with Crippen LogP contribution in [0.2, 0.25) is 0 Å². The van der Waals surface area contributed by atoms with E-state index in [0.29, 0.717) is 0 Å². The van der Waals surface area contributed by atoms with Gasteiger partial charge in [-0.05, 0) is 54.9 Å². The first-order valence-corrected chi connectivity index (χ1v) is 15.7. The van der Waals surface area contributed by atoms with Crippen molar-refractivity contribution in [3.05, 3.63) is 151 Å². The number of para-hydroxylation sites is 2.